The highest BCUT2D eigenvalue weighted by molar-refractivity contribution is 7.79. The Morgan fingerprint density at radius 1 is 1.46 bits per heavy atom. The Bertz CT molecular complexity index is 273. The fourth-order valence-corrected chi connectivity index (χ4v) is 1.69. The van der Waals surface area contributed by atoms with Crippen molar-refractivity contribution >= 4 is 11.1 Å². The summed E-state index contributed by atoms with van der Waals surface area (Å²) in [5.74, 6) is 0.112. The first-order chi connectivity index (χ1) is 6.24. The molecule has 1 aromatic carbocycles. The number of ether oxygens (including phenoxy) is 1. The van der Waals surface area contributed by atoms with Crippen molar-refractivity contribution in [2.24, 2.45) is 0 Å². The number of rotatable bonds is 4. The van der Waals surface area contributed by atoms with E-state index in [4.69, 9.17) is 9.29 Å². The lowest BCUT2D eigenvalue weighted by atomic mass is 10.1. The van der Waals surface area contributed by atoms with Crippen LogP contribution in [0.2, 0.25) is 0 Å². The first kappa shape index (κ1) is 10.4. The van der Waals surface area contributed by atoms with E-state index in [9.17, 15) is 4.21 Å². The van der Waals surface area contributed by atoms with Gasteiger partial charge in [-0.15, -0.1) is 0 Å². The average molecular weight is 200 g/mol. The number of benzene rings is 1. The molecule has 72 valence electrons. The van der Waals surface area contributed by atoms with E-state index in [1.807, 2.05) is 30.3 Å². The van der Waals surface area contributed by atoms with Crippen LogP contribution in [0.15, 0.2) is 30.3 Å². The largest absolute Gasteiger partial charge is 0.376 e. The molecule has 0 saturated heterocycles. The zero-order valence-electron chi connectivity index (χ0n) is 7.34. The maximum Gasteiger partial charge on any atom is 0.155 e. The van der Waals surface area contributed by atoms with Crippen LogP contribution in [-0.2, 0) is 15.8 Å². The van der Waals surface area contributed by atoms with Crippen LogP contribution in [0.25, 0.3) is 0 Å². The summed E-state index contributed by atoms with van der Waals surface area (Å²) in [6.45, 7) is 0. The van der Waals surface area contributed by atoms with Gasteiger partial charge in [0.25, 0.3) is 0 Å². The molecule has 13 heavy (non-hydrogen) atoms. The Kier molecular flexibility index (Phi) is 4.08. The molecule has 0 amide bonds. The van der Waals surface area contributed by atoms with Gasteiger partial charge in [0, 0.05) is 7.11 Å². The van der Waals surface area contributed by atoms with Gasteiger partial charge in [-0.2, -0.15) is 0 Å². The molecule has 0 bridgehead atoms. The van der Waals surface area contributed by atoms with Crippen LogP contribution >= 0.6 is 0 Å². The highest BCUT2D eigenvalue weighted by Crippen LogP contribution is 2.16. The monoisotopic (exact) mass is 200 g/mol. The van der Waals surface area contributed by atoms with Gasteiger partial charge in [-0.3, -0.25) is 0 Å². The van der Waals surface area contributed by atoms with E-state index >= 15 is 0 Å². The maximum absolute atomic E-state index is 10.6. The van der Waals surface area contributed by atoms with E-state index < -0.39 is 11.1 Å². The van der Waals surface area contributed by atoms with Crippen LogP contribution in [-0.4, -0.2) is 21.6 Å². The molecule has 0 aliphatic heterocycles. The van der Waals surface area contributed by atoms with Crippen molar-refractivity contribution in [1.29, 1.82) is 0 Å². The molecule has 4 heteroatoms. The summed E-state index contributed by atoms with van der Waals surface area (Å²) in [6, 6.07) is 9.40. The normalized spacial score (nSPS) is 15.2. The lowest BCUT2D eigenvalue weighted by molar-refractivity contribution is 0.121. The summed E-state index contributed by atoms with van der Waals surface area (Å²) in [4.78, 5) is 0. The molecule has 3 nitrogen and oxygen atoms in total. The molecular formula is C9H12O3S. The van der Waals surface area contributed by atoms with Crippen molar-refractivity contribution in [1.82, 2.24) is 0 Å². The van der Waals surface area contributed by atoms with Gasteiger partial charge in [-0.25, -0.2) is 4.21 Å². The van der Waals surface area contributed by atoms with E-state index in [2.05, 4.69) is 0 Å². The molecule has 0 saturated carbocycles. The van der Waals surface area contributed by atoms with Gasteiger partial charge in [-0.05, 0) is 5.56 Å². The molecule has 1 aromatic rings. The SMILES string of the molecule is COC(CS(=O)O)c1ccccc1. The van der Waals surface area contributed by atoms with Gasteiger partial charge in [-0.1, -0.05) is 30.3 Å². The molecule has 2 unspecified atom stereocenters. The number of methoxy groups -OCH3 is 1. The molecule has 0 aliphatic carbocycles. The first-order valence-corrected chi connectivity index (χ1v) is 5.17. The second-order valence-electron chi connectivity index (χ2n) is 2.62. The maximum atomic E-state index is 10.6. The lowest BCUT2D eigenvalue weighted by Crippen LogP contribution is -2.10. The Balaban J connectivity index is 2.73. The zero-order chi connectivity index (χ0) is 9.68. The van der Waals surface area contributed by atoms with Gasteiger partial charge in [0.1, 0.15) is 0 Å². The molecule has 2 atom stereocenters. The van der Waals surface area contributed by atoms with Gasteiger partial charge < -0.3 is 9.29 Å². The summed E-state index contributed by atoms with van der Waals surface area (Å²) in [6.07, 6.45) is -0.299. The van der Waals surface area contributed by atoms with E-state index in [1.165, 1.54) is 7.11 Å². The molecule has 0 fully saturated rings. The predicted molar refractivity (Wildman–Crippen MR) is 51.8 cm³/mol. The summed E-state index contributed by atoms with van der Waals surface area (Å²) in [7, 11) is 1.53. The molecule has 1 rings (SSSR count). The van der Waals surface area contributed by atoms with Crippen molar-refractivity contribution in [2.75, 3.05) is 12.9 Å². The third kappa shape index (κ3) is 3.26. The van der Waals surface area contributed by atoms with Gasteiger partial charge in [0.15, 0.2) is 11.1 Å². The predicted octanol–water partition coefficient (Wildman–Crippen LogP) is 1.60. The Morgan fingerprint density at radius 2 is 2.08 bits per heavy atom. The van der Waals surface area contributed by atoms with Gasteiger partial charge >= 0.3 is 0 Å². The standard InChI is InChI=1S/C9H12O3S/c1-12-9(7-13(10)11)8-5-3-2-4-6-8/h2-6,9H,7H2,1H3,(H,10,11). The quantitative estimate of drug-likeness (QED) is 0.751. The van der Waals surface area contributed by atoms with E-state index in [0.717, 1.165) is 5.56 Å². The lowest BCUT2D eigenvalue weighted by Gasteiger charge is -2.12. The minimum atomic E-state index is -1.82. The van der Waals surface area contributed by atoms with Crippen LogP contribution in [0.4, 0.5) is 0 Å². The van der Waals surface area contributed by atoms with Gasteiger partial charge in [0.2, 0.25) is 0 Å². The first-order valence-electron chi connectivity index (χ1n) is 3.89. The Morgan fingerprint density at radius 3 is 2.54 bits per heavy atom. The van der Waals surface area contributed by atoms with Crippen LogP contribution < -0.4 is 0 Å². The molecule has 0 spiro atoms. The summed E-state index contributed by atoms with van der Waals surface area (Å²) < 4.78 is 24.4. The van der Waals surface area contributed by atoms with Crippen molar-refractivity contribution < 1.29 is 13.5 Å². The minimum Gasteiger partial charge on any atom is -0.376 e. The number of hydrogen-bond donors (Lipinski definition) is 1. The Labute approximate surface area is 80.0 Å². The second kappa shape index (κ2) is 5.11. The van der Waals surface area contributed by atoms with Crippen molar-refractivity contribution in [3.05, 3.63) is 35.9 Å². The van der Waals surface area contributed by atoms with E-state index in [0.29, 0.717) is 0 Å². The average Bonchev–Trinajstić information content (AvgIpc) is 2.15. The van der Waals surface area contributed by atoms with Crippen molar-refractivity contribution in [2.45, 2.75) is 6.10 Å². The second-order valence-corrected chi connectivity index (χ2v) is 3.60. The molecular weight excluding hydrogens is 188 g/mol. The van der Waals surface area contributed by atoms with Crippen molar-refractivity contribution in [3.63, 3.8) is 0 Å². The van der Waals surface area contributed by atoms with Crippen LogP contribution in [0.3, 0.4) is 0 Å². The molecule has 0 aromatic heterocycles. The molecule has 0 aliphatic rings. The summed E-state index contributed by atoms with van der Waals surface area (Å²) in [5, 5.41) is 0. The molecule has 0 radical (unpaired) electrons. The summed E-state index contributed by atoms with van der Waals surface area (Å²) in [5.41, 5.74) is 0.924. The zero-order valence-corrected chi connectivity index (χ0v) is 8.16. The third-order valence-electron chi connectivity index (χ3n) is 1.75. The van der Waals surface area contributed by atoms with E-state index in [1.54, 1.807) is 0 Å². The highest BCUT2D eigenvalue weighted by Gasteiger charge is 2.12. The van der Waals surface area contributed by atoms with Gasteiger partial charge in [0.05, 0.1) is 11.9 Å². The third-order valence-corrected chi connectivity index (χ3v) is 2.34. The smallest absolute Gasteiger partial charge is 0.155 e. The van der Waals surface area contributed by atoms with Crippen LogP contribution in [0, 0.1) is 0 Å². The molecule has 1 N–H and O–H groups in total. The summed E-state index contributed by atoms with van der Waals surface area (Å²) >= 11 is -1.82. The van der Waals surface area contributed by atoms with E-state index in [-0.39, 0.29) is 11.9 Å². The van der Waals surface area contributed by atoms with Crippen molar-refractivity contribution in [3.8, 4) is 0 Å². The van der Waals surface area contributed by atoms with Crippen LogP contribution in [0.1, 0.15) is 11.7 Å². The Hall–Kier alpha value is -0.710. The minimum absolute atomic E-state index is 0.112. The fourth-order valence-electron chi connectivity index (χ4n) is 1.10. The topological polar surface area (TPSA) is 46.5 Å². The molecule has 0 heterocycles. The highest BCUT2D eigenvalue weighted by atomic mass is 32.2. The van der Waals surface area contributed by atoms with Crippen LogP contribution in [0.5, 0.6) is 0 Å². The fraction of sp³-hybridized carbons (Fsp3) is 0.333. The number of hydrogen-bond acceptors (Lipinski definition) is 2.